The lowest BCUT2D eigenvalue weighted by molar-refractivity contribution is -0.118. The number of carbonyl (C=O) groups excluding carboxylic acids is 2. The van der Waals surface area contributed by atoms with E-state index in [1.165, 1.54) is 6.07 Å². The predicted molar refractivity (Wildman–Crippen MR) is 73.9 cm³/mol. The number of benzene rings is 1. The van der Waals surface area contributed by atoms with Crippen LogP contribution in [0.5, 0.6) is 0 Å². The maximum Gasteiger partial charge on any atom is 0.252 e. The van der Waals surface area contributed by atoms with Gasteiger partial charge in [-0.2, -0.15) is 0 Å². The Morgan fingerprint density at radius 3 is 2.63 bits per heavy atom. The third-order valence-electron chi connectivity index (χ3n) is 2.47. The molecule has 0 atom stereocenters. The van der Waals surface area contributed by atoms with E-state index in [0.717, 1.165) is 6.07 Å². The fraction of sp³-hybridized carbons (Fsp3) is 0.333. The van der Waals surface area contributed by atoms with Gasteiger partial charge in [-0.05, 0) is 40.9 Å². The molecule has 1 aromatic carbocycles. The molecular weight excluding hydrogens is 317 g/mol. The van der Waals surface area contributed by atoms with Crippen molar-refractivity contribution in [1.29, 1.82) is 0 Å². The summed E-state index contributed by atoms with van der Waals surface area (Å²) in [7, 11) is 0. The second kappa shape index (κ2) is 7.08. The minimum atomic E-state index is -0.579. The molecule has 0 saturated heterocycles. The molecule has 0 heterocycles. The first-order valence-corrected chi connectivity index (χ1v) is 6.52. The van der Waals surface area contributed by atoms with Crippen molar-refractivity contribution in [3.8, 4) is 0 Å². The topological polar surface area (TPSA) is 98.2 Å². The normalized spacial score (nSPS) is 10.2. The zero-order chi connectivity index (χ0) is 14.4. The fourth-order valence-corrected chi connectivity index (χ4v) is 1.96. The van der Waals surface area contributed by atoms with E-state index in [0.29, 0.717) is 30.3 Å². The summed E-state index contributed by atoms with van der Waals surface area (Å²) in [5.41, 5.74) is 10.6. The summed E-state index contributed by atoms with van der Waals surface area (Å²) in [6.07, 6.45) is 1.55. The van der Waals surface area contributed by atoms with E-state index in [2.05, 4.69) is 21.2 Å². The van der Waals surface area contributed by atoms with Crippen molar-refractivity contribution < 1.29 is 14.0 Å². The first kappa shape index (κ1) is 15.4. The van der Waals surface area contributed by atoms with Gasteiger partial charge in [-0.15, -0.1) is 0 Å². The van der Waals surface area contributed by atoms with Crippen LogP contribution in [0.1, 0.15) is 29.6 Å². The van der Waals surface area contributed by atoms with E-state index < -0.39 is 5.82 Å². The second-order valence-corrected chi connectivity index (χ2v) is 4.89. The van der Waals surface area contributed by atoms with Crippen molar-refractivity contribution in [2.45, 2.75) is 19.3 Å². The number of unbranched alkanes of at least 4 members (excludes halogenated alkanes) is 1. The van der Waals surface area contributed by atoms with E-state index in [-0.39, 0.29) is 23.1 Å². The highest BCUT2D eigenvalue weighted by Crippen LogP contribution is 2.22. The van der Waals surface area contributed by atoms with Crippen LogP contribution in [0.25, 0.3) is 0 Å². The summed E-state index contributed by atoms with van der Waals surface area (Å²) in [6.45, 7) is 0.413. The van der Waals surface area contributed by atoms with Gasteiger partial charge in [0.25, 0.3) is 5.91 Å². The van der Waals surface area contributed by atoms with E-state index in [4.69, 9.17) is 11.5 Å². The van der Waals surface area contributed by atoms with E-state index in [9.17, 15) is 14.0 Å². The average molecular weight is 332 g/mol. The smallest absolute Gasteiger partial charge is 0.252 e. The first-order chi connectivity index (χ1) is 8.91. The largest absolute Gasteiger partial charge is 0.396 e. The van der Waals surface area contributed by atoms with Gasteiger partial charge in [0, 0.05) is 17.4 Å². The number of nitrogen functional groups attached to an aromatic ring is 1. The number of nitrogens with two attached hydrogens (primary N) is 2. The van der Waals surface area contributed by atoms with Gasteiger partial charge in [0.15, 0.2) is 0 Å². The average Bonchev–Trinajstić information content (AvgIpc) is 2.32. The Bertz CT molecular complexity index is 494. The number of amides is 2. The first-order valence-electron chi connectivity index (χ1n) is 5.73. The van der Waals surface area contributed by atoms with Gasteiger partial charge in [-0.25, -0.2) is 4.39 Å². The van der Waals surface area contributed by atoms with Crippen LogP contribution in [-0.2, 0) is 4.79 Å². The van der Waals surface area contributed by atoms with E-state index in [1.54, 1.807) is 0 Å². The van der Waals surface area contributed by atoms with Gasteiger partial charge in [-0.1, -0.05) is 0 Å². The summed E-state index contributed by atoms with van der Waals surface area (Å²) in [5.74, 6) is -1.29. The lowest BCUT2D eigenvalue weighted by Gasteiger charge is -2.08. The van der Waals surface area contributed by atoms with Crippen molar-refractivity contribution in [3.05, 3.63) is 28.0 Å². The maximum absolute atomic E-state index is 13.1. The fourth-order valence-electron chi connectivity index (χ4n) is 1.46. The van der Waals surface area contributed by atoms with Crippen LogP contribution in [0, 0.1) is 5.82 Å². The van der Waals surface area contributed by atoms with Gasteiger partial charge < -0.3 is 16.8 Å². The molecule has 0 spiro atoms. The number of anilines is 1. The monoisotopic (exact) mass is 331 g/mol. The van der Waals surface area contributed by atoms with Crippen LogP contribution in [0.3, 0.4) is 0 Å². The number of nitrogens with one attached hydrogen (secondary N) is 1. The molecule has 2 amide bonds. The lowest BCUT2D eigenvalue weighted by Crippen LogP contribution is -2.25. The molecule has 0 bridgehead atoms. The molecule has 0 unspecified atom stereocenters. The summed E-state index contributed by atoms with van der Waals surface area (Å²) >= 11 is 3.11. The molecular formula is C12H15BrFN3O2. The van der Waals surface area contributed by atoms with Gasteiger partial charge in [0.1, 0.15) is 5.82 Å². The Labute approximate surface area is 118 Å². The molecule has 19 heavy (non-hydrogen) atoms. The number of halogens is 2. The molecule has 0 aliphatic rings. The highest BCUT2D eigenvalue weighted by Gasteiger charge is 2.12. The van der Waals surface area contributed by atoms with Crippen LogP contribution in [0.2, 0.25) is 0 Å². The molecule has 0 radical (unpaired) electrons. The Morgan fingerprint density at radius 1 is 1.32 bits per heavy atom. The second-order valence-electron chi connectivity index (χ2n) is 4.03. The van der Waals surface area contributed by atoms with Gasteiger partial charge >= 0.3 is 0 Å². The minimum absolute atomic E-state index is 0.0814. The maximum atomic E-state index is 13.1. The molecule has 0 aromatic heterocycles. The zero-order valence-electron chi connectivity index (χ0n) is 10.2. The van der Waals surface area contributed by atoms with Crippen LogP contribution in [0.4, 0.5) is 10.1 Å². The predicted octanol–water partition coefficient (Wildman–Crippen LogP) is 1.56. The molecule has 7 heteroatoms. The third-order valence-corrected chi connectivity index (χ3v) is 3.12. The Kier molecular flexibility index (Phi) is 5.75. The standard InChI is InChI=1S/C12H15BrFN3O2/c13-8-6-9(14)10(15)5-7(8)12(19)17-4-2-1-3-11(16)18/h5-6H,1-4,15H2,(H2,16,18)(H,17,19). The molecule has 1 rings (SSSR count). The van der Waals surface area contributed by atoms with Gasteiger partial charge in [-0.3, -0.25) is 9.59 Å². The van der Waals surface area contributed by atoms with Crippen LogP contribution < -0.4 is 16.8 Å². The molecule has 0 aliphatic carbocycles. The SMILES string of the molecule is NC(=O)CCCCNC(=O)c1cc(N)c(F)cc1Br. The summed E-state index contributed by atoms with van der Waals surface area (Å²) in [5, 5.41) is 2.66. The summed E-state index contributed by atoms with van der Waals surface area (Å²) in [6, 6.07) is 2.43. The molecule has 0 fully saturated rings. The number of hydrogen-bond donors (Lipinski definition) is 3. The molecule has 0 saturated carbocycles. The van der Waals surface area contributed by atoms with Crippen molar-refractivity contribution >= 4 is 33.4 Å². The van der Waals surface area contributed by atoms with Crippen LogP contribution >= 0.6 is 15.9 Å². The van der Waals surface area contributed by atoms with Gasteiger partial charge in [0.05, 0.1) is 11.3 Å². The number of hydrogen-bond acceptors (Lipinski definition) is 3. The van der Waals surface area contributed by atoms with Crippen molar-refractivity contribution in [2.24, 2.45) is 5.73 Å². The number of primary amides is 1. The highest BCUT2D eigenvalue weighted by molar-refractivity contribution is 9.10. The van der Waals surface area contributed by atoms with Crippen LogP contribution in [0.15, 0.2) is 16.6 Å². The van der Waals surface area contributed by atoms with Crippen molar-refractivity contribution in [3.63, 3.8) is 0 Å². The van der Waals surface area contributed by atoms with Crippen molar-refractivity contribution in [1.82, 2.24) is 5.32 Å². The zero-order valence-corrected chi connectivity index (χ0v) is 11.8. The van der Waals surface area contributed by atoms with E-state index in [1.807, 2.05) is 0 Å². The van der Waals surface area contributed by atoms with Crippen LogP contribution in [-0.4, -0.2) is 18.4 Å². The molecule has 1 aromatic rings. The highest BCUT2D eigenvalue weighted by atomic mass is 79.9. The quantitative estimate of drug-likeness (QED) is 0.544. The molecule has 5 nitrogen and oxygen atoms in total. The summed E-state index contributed by atoms with van der Waals surface area (Å²) < 4.78 is 13.5. The Morgan fingerprint density at radius 2 is 2.00 bits per heavy atom. The molecule has 5 N–H and O–H groups in total. The number of carbonyl (C=O) groups is 2. The summed E-state index contributed by atoms with van der Waals surface area (Å²) in [4.78, 5) is 22.3. The molecule has 0 aliphatic heterocycles. The Balaban J connectivity index is 2.50. The van der Waals surface area contributed by atoms with E-state index >= 15 is 0 Å². The van der Waals surface area contributed by atoms with Crippen molar-refractivity contribution in [2.75, 3.05) is 12.3 Å². The molecule has 104 valence electrons. The van der Waals surface area contributed by atoms with Gasteiger partial charge in [0.2, 0.25) is 5.91 Å². The number of rotatable bonds is 6. The minimum Gasteiger partial charge on any atom is -0.396 e. The third kappa shape index (κ3) is 4.86. The lowest BCUT2D eigenvalue weighted by atomic mass is 10.1. The Hall–Kier alpha value is -1.63.